The molecular formula is C14H27ClO. The number of halogens is 1. The van der Waals surface area contributed by atoms with Gasteiger partial charge in [-0.15, -0.1) is 11.6 Å². The van der Waals surface area contributed by atoms with Crippen LogP contribution < -0.4 is 0 Å². The lowest BCUT2D eigenvalue weighted by Gasteiger charge is -2.36. The van der Waals surface area contributed by atoms with E-state index in [0.717, 1.165) is 25.0 Å². The van der Waals surface area contributed by atoms with Crippen LogP contribution in [0.15, 0.2) is 0 Å². The molecule has 1 aliphatic heterocycles. The number of unbranched alkanes of at least 4 members (excludes halogenated alkanes) is 1. The molecule has 0 N–H and O–H groups in total. The molecule has 96 valence electrons. The lowest BCUT2D eigenvalue weighted by molar-refractivity contribution is 0.0470. The number of rotatable bonds is 7. The fourth-order valence-electron chi connectivity index (χ4n) is 2.75. The summed E-state index contributed by atoms with van der Waals surface area (Å²) in [4.78, 5) is 0. The molecule has 1 fully saturated rings. The van der Waals surface area contributed by atoms with Crippen molar-refractivity contribution < 1.29 is 4.74 Å². The molecule has 0 bridgehead atoms. The van der Waals surface area contributed by atoms with Crippen molar-refractivity contribution in [3.05, 3.63) is 0 Å². The van der Waals surface area contributed by atoms with Crippen LogP contribution >= 0.6 is 11.6 Å². The molecule has 1 heterocycles. The Morgan fingerprint density at radius 2 is 1.94 bits per heavy atom. The summed E-state index contributed by atoms with van der Waals surface area (Å²) in [6.07, 6.45) is 8.94. The van der Waals surface area contributed by atoms with Gasteiger partial charge in [0.1, 0.15) is 0 Å². The summed E-state index contributed by atoms with van der Waals surface area (Å²) in [5, 5.41) is 0. The summed E-state index contributed by atoms with van der Waals surface area (Å²) in [6.45, 7) is 6.49. The zero-order valence-electron chi connectivity index (χ0n) is 10.9. The first-order chi connectivity index (χ1) is 7.76. The molecule has 0 spiro atoms. The fraction of sp³-hybridized carbons (Fsp3) is 1.00. The van der Waals surface area contributed by atoms with Crippen LogP contribution in [0.3, 0.4) is 0 Å². The highest BCUT2D eigenvalue weighted by atomic mass is 35.5. The molecule has 0 saturated carbocycles. The summed E-state index contributed by atoms with van der Waals surface area (Å²) in [5.41, 5.74) is 0.402. The third-order valence-electron chi connectivity index (χ3n) is 4.16. The SMILES string of the molecule is CCCCC(CC)(CCl)CC1CCOCC1. The monoisotopic (exact) mass is 246 g/mol. The van der Waals surface area contributed by atoms with Gasteiger partial charge in [-0.2, -0.15) is 0 Å². The summed E-state index contributed by atoms with van der Waals surface area (Å²) in [5.74, 6) is 1.69. The molecule has 0 aliphatic carbocycles. The third-order valence-corrected chi connectivity index (χ3v) is 4.72. The van der Waals surface area contributed by atoms with Gasteiger partial charge in [0.2, 0.25) is 0 Å². The van der Waals surface area contributed by atoms with Crippen molar-refractivity contribution in [2.45, 2.75) is 58.8 Å². The number of alkyl halides is 1. The second-order valence-corrected chi connectivity index (χ2v) is 5.62. The van der Waals surface area contributed by atoms with Gasteiger partial charge >= 0.3 is 0 Å². The first kappa shape index (κ1) is 14.3. The maximum absolute atomic E-state index is 6.25. The van der Waals surface area contributed by atoms with E-state index in [1.54, 1.807) is 0 Å². The number of hydrogen-bond acceptors (Lipinski definition) is 1. The van der Waals surface area contributed by atoms with Crippen molar-refractivity contribution in [1.82, 2.24) is 0 Å². The van der Waals surface area contributed by atoms with Crippen molar-refractivity contribution >= 4 is 11.6 Å². The van der Waals surface area contributed by atoms with E-state index >= 15 is 0 Å². The molecule has 0 radical (unpaired) electrons. The van der Waals surface area contributed by atoms with Crippen molar-refractivity contribution in [1.29, 1.82) is 0 Å². The summed E-state index contributed by atoms with van der Waals surface area (Å²) >= 11 is 6.25. The topological polar surface area (TPSA) is 9.23 Å². The Hall–Kier alpha value is 0.250. The predicted octanol–water partition coefficient (Wildman–Crippen LogP) is 4.63. The van der Waals surface area contributed by atoms with Crippen molar-refractivity contribution in [3.8, 4) is 0 Å². The standard InChI is InChI=1S/C14H27ClO/c1-3-5-8-14(4-2,12-15)11-13-6-9-16-10-7-13/h13H,3-12H2,1-2H3. The van der Waals surface area contributed by atoms with E-state index in [1.807, 2.05) is 0 Å². The quantitative estimate of drug-likeness (QED) is 0.596. The van der Waals surface area contributed by atoms with Crippen LogP contribution in [0.2, 0.25) is 0 Å². The van der Waals surface area contributed by atoms with Gasteiger partial charge in [0.25, 0.3) is 0 Å². The Morgan fingerprint density at radius 1 is 1.25 bits per heavy atom. The molecule has 0 aromatic carbocycles. The lowest BCUT2D eigenvalue weighted by atomic mass is 9.73. The molecule has 0 aromatic heterocycles. The Bertz CT molecular complexity index is 172. The van der Waals surface area contributed by atoms with Crippen LogP contribution in [-0.2, 0) is 4.74 Å². The van der Waals surface area contributed by atoms with E-state index in [9.17, 15) is 0 Å². The number of ether oxygens (including phenoxy) is 1. The van der Waals surface area contributed by atoms with Gasteiger partial charge in [-0.3, -0.25) is 0 Å². The highest BCUT2D eigenvalue weighted by Gasteiger charge is 2.30. The van der Waals surface area contributed by atoms with E-state index in [0.29, 0.717) is 5.41 Å². The van der Waals surface area contributed by atoms with Gasteiger partial charge in [0.15, 0.2) is 0 Å². The van der Waals surface area contributed by atoms with Gasteiger partial charge in [0.05, 0.1) is 0 Å². The largest absolute Gasteiger partial charge is 0.381 e. The summed E-state index contributed by atoms with van der Waals surface area (Å²) in [7, 11) is 0. The minimum absolute atomic E-state index is 0.402. The van der Waals surface area contributed by atoms with Gasteiger partial charge in [-0.05, 0) is 43.4 Å². The maximum Gasteiger partial charge on any atom is 0.0468 e. The van der Waals surface area contributed by atoms with Crippen molar-refractivity contribution in [3.63, 3.8) is 0 Å². The van der Waals surface area contributed by atoms with E-state index in [-0.39, 0.29) is 0 Å². The van der Waals surface area contributed by atoms with Crippen molar-refractivity contribution in [2.24, 2.45) is 11.3 Å². The van der Waals surface area contributed by atoms with Crippen LogP contribution in [0.25, 0.3) is 0 Å². The molecule has 2 heteroatoms. The molecule has 0 amide bonds. The van der Waals surface area contributed by atoms with Crippen molar-refractivity contribution in [2.75, 3.05) is 19.1 Å². The maximum atomic E-state index is 6.25. The van der Waals surface area contributed by atoms with E-state index in [4.69, 9.17) is 16.3 Å². The Labute approximate surface area is 106 Å². The molecule has 1 rings (SSSR count). The molecule has 16 heavy (non-hydrogen) atoms. The van der Waals surface area contributed by atoms with Crippen LogP contribution in [0.1, 0.15) is 58.8 Å². The molecule has 1 unspecified atom stereocenters. The first-order valence-electron chi connectivity index (χ1n) is 6.90. The first-order valence-corrected chi connectivity index (χ1v) is 7.43. The van der Waals surface area contributed by atoms with Gasteiger partial charge < -0.3 is 4.74 Å². The Balaban J connectivity index is 2.46. The van der Waals surface area contributed by atoms with Gasteiger partial charge in [-0.1, -0.05) is 26.7 Å². The zero-order chi connectivity index (χ0) is 11.9. The lowest BCUT2D eigenvalue weighted by Crippen LogP contribution is -2.28. The van der Waals surface area contributed by atoms with Crippen LogP contribution in [-0.4, -0.2) is 19.1 Å². The second kappa shape index (κ2) is 7.55. The highest BCUT2D eigenvalue weighted by Crippen LogP contribution is 2.39. The van der Waals surface area contributed by atoms with Gasteiger partial charge in [0, 0.05) is 19.1 Å². The average molecular weight is 247 g/mol. The van der Waals surface area contributed by atoms with E-state index in [2.05, 4.69) is 13.8 Å². The molecule has 0 aromatic rings. The molecule has 1 saturated heterocycles. The second-order valence-electron chi connectivity index (χ2n) is 5.35. The summed E-state index contributed by atoms with van der Waals surface area (Å²) < 4.78 is 5.43. The Kier molecular flexibility index (Phi) is 6.75. The summed E-state index contributed by atoms with van der Waals surface area (Å²) in [6, 6.07) is 0. The normalized spacial score (nSPS) is 21.9. The van der Waals surface area contributed by atoms with Crippen LogP contribution in [0, 0.1) is 11.3 Å². The molecular weight excluding hydrogens is 220 g/mol. The average Bonchev–Trinajstić information content (AvgIpc) is 2.36. The zero-order valence-corrected chi connectivity index (χ0v) is 11.7. The smallest absolute Gasteiger partial charge is 0.0468 e. The third kappa shape index (κ3) is 4.25. The predicted molar refractivity (Wildman–Crippen MR) is 71.1 cm³/mol. The molecule has 1 nitrogen and oxygen atoms in total. The minimum atomic E-state index is 0.402. The fourth-order valence-corrected chi connectivity index (χ4v) is 3.19. The number of hydrogen-bond donors (Lipinski definition) is 0. The molecule has 1 aliphatic rings. The minimum Gasteiger partial charge on any atom is -0.381 e. The van der Waals surface area contributed by atoms with Crippen LogP contribution in [0.5, 0.6) is 0 Å². The van der Waals surface area contributed by atoms with E-state index < -0.39 is 0 Å². The van der Waals surface area contributed by atoms with E-state index in [1.165, 1.54) is 44.9 Å². The Morgan fingerprint density at radius 3 is 2.44 bits per heavy atom. The van der Waals surface area contributed by atoms with Crippen LogP contribution in [0.4, 0.5) is 0 Å². The molecule has 1 atom stereocenters. The highest BCUT2D eigenvalue weighted by molar-refractivity contribution is 6.18. The van der Waals surface area contributed by atoms with Gasteiger partial charge in [-0.25, -0.2) is 0 Å².